The van der Waals surface area contributed by atoms with Crippen molar-refractivity contribution in [2.75, 3.05) is 19.6 Å². The van der Waals surface area contributed by atoms with Gasteiger partial charge in [0.15, 0.2) is 0 Å². The van der Waals surface area contributed by atoms with Crippen LogP contribution in [0.3, 0.4) is 0 Å². The Labute approximate surface area is 107 Å². The zero-order chi connectivity index (χ0) is 13.2. The van der Waals surface area contributed by atoms with Crippen LogP contribution in [-0.4, -0.2) is 25.5 Å². The quantitative estimate of drug-likeness (QED) is 0.849. The Bertz CT molecular complexity index is 441. The molecule has 0 atom stereocenters. The fourth-order valence-corrected chi connectivity index (χ4v) is 1.96. The van der Waals surface area contributed by atoms with Crippen molar-refractivity contribution in [3.05, 3.63) is 35.6 Å². The van der Waals surface area contributed by atoms with Gasteiger partial charge < -0.3 is 10.6 Å². The van der Waals surface area contributed by atoms with Crippen LogP contribution in [0.2, 0.25) is 0 Å². The Balaban J connectivity index is 2.02. The van der Waals surface area contributed by atoms with Crippen molar-refractivity contribution in [1.29, 1.82) is 0 Å². The summed E-state index contributed by atoms with van der Waals surface area (Å²) in [6.07, 6.45) is 0. The summed E-state index contributed by atoms with van der Waals surface area (Å²) in [6, 6.07) is 6.23. The standard InChI is InChI=1S/C14H19FN2O/c1-14(2,11-4-3-5-12(15)6-11)13(18)17-9-10-7-16-8-10/h3-6,10,16H,7-9H2,1-2H3,(H,17,18). The van der Waals surface area contributed by atoms with E-state index in [1.807, 2.05) is 13.8 Å². The third kappa shape index (κ3) is 2.70. The normalized spacial score (nSPS) is 16.2. The summed E-state index contributed by atoms with van der Waals surface area (Å²) >= 11 is 0. The highest BCUT2D eigenvalue weighted by atomic mass is 19.1. The van der Waals surface area contributed by atoms with Crippen molar-refractivity contribution in [3.63, 3.8) is 0 Å². The van der Waals surface area contributed by atoms with E-state index in [1.165, 1.54) is 12.1 Å². The second-order valence-corrected chi connectivity index (χ2v) is 5.37. The van der Waals surface area contributed by atoms with Crippen molar-refractivity contribution in [2.45, 2.75) is 19.3 Å². The highest BCUT2D eigenvalue weighted by Crippen LogP contribution is 2.24. The minimum Gasteiger partial charge on any atom is -0.355 e. The third-order valence-corrected chi connectivity index (χ3v) is 3.53. The van der Waals surface area contributed by atoms with Gasteiger partial charge in [-0.2, -0.15) is 0 Å². The van der Waals surface area contributed by atoms with Crippen molar-refractivity contribution in [3.8, 4) is 0 Å². The van der Waals surface area contributed by atoms with Crippen LogP contribution < -0.4 is 10.6 Å². The number of rotatable bonds is 4. The van der Waals surface area contributed by atoms with Crippen LogP contribution in [0.4, 0.5) is 4.39 Å². The molecule has 1 aliphatic heterocycles. The molecule has 0 unspecified atom stereocenters. The van der Waals surface area contributed by atoms with Crippen LogP contribution in [0.25, 0.3) is 0 Å². The first-order valence-corrected chi connectivity index (χ1v) is 6.25. The first-order chi connectivity index (χ1) is 8.50. The highest BCUT2D eigenvalue weighted by molar-refractivity contribution is 5.87. The van der Waals surface area contributed by atoms with Crippen molar-refractivity contribution in [1.82, 2.24) is 10.6 Å². The maximum Gasteiger partial charge on any atom is 0.230 e. The molecule has 18 heavy (non-hydrogen) atoms. The lowest BCUT2D eigenvalue weighted by Crippen LogP contribution is -2.50. The fourth-order valence-electron chi connectivity index (χ4n) is 1.96. The molecule has 0 aromatic heterocycles. The minimum absolute atomic E-state index is 0.0556. The van der Waals surface area contributed by atoms with Crippen molar-refractivity contribution < 1.29 is 9.18 Å². The summed E-state index contributed by atoms with van der Waals surface area (Å²) < 4.78 is 13.2. The lowest BCUT2D eigenvalue weighted by Gasteiger charge is -2.30. The molecular formula is C14H19FN2O. The van der Waals surface area contributed by atoms with Gasteiger partial charge in [-0.3, -0.25) is 4.79 Å². The topological polar surface area (TPSA) is 41.1 Å². The van der Waals surface area contributed by atoms with Gasteiger partial charge in [0.25, 0.3) is 0 Å². The van der Waals surface area contributed by atoms with Gasteiger partial charge >= 0.3 is 0 Å². The number of amides is 1. The summed E-state index contributed by atoms with van der Waals surface area (Å²) in [6.45, 7) is 6.23. The molecule has 1 aromatic carbocycles. The van der Waals surface area contributed by atoms with Crippen LogP contribution in [-0.2, 0) is 10.2 Å². The smallest absolute Gasteiger partial charge is 0.230 e. The van der Waals surface area contributed by atoms with Gasteiger partial charge in [-0.15, -0.1) is 0 Å². The number of carbonyl (C=O) groups excluding carboxylic acids is 1. The molecule has 1 aromatic rings. The molecule has 4 heteroatoms. The van der Waals surface area contributed by atoms with Gasteiger partial charge in [-0.25, -0.2) is 4.39 Å². The molecule has 1 heterocycles. The second kappa shape index (κ2) is 5.06. The molecule has 0 spiro atoms. The van der Waals surface area contributed by atoms with Gasteiger partial charge in [-0.1, -0.05) is 12.1 Å². The predicted molar refractivity (Wildman–Crippen MR) is 68.8 cm³/mol. The molecule has 1 saturated heterocycles. The van der Waals surface area contributed by atoms with Crippen LogP contribution in [0, 0.1) is 11.7 Å². The second-order valence-electron chi connectivity index (χ2n) is 5.37. The van der Waals surface area contributed by atoms with E-state index in [2.05, 4.69) is 10.6 Å². The van der Waals surface area contributed by atoms with Gasteiger partial charge in [0.2, 0.25) is 5.91 Å². The first kappa shape index (κ1) is 13.0. The molecule has 0 bridgehead atoms. The molecule has 2 rings (SSSR count). The minimum atomic E-state index is -0.709. The maximum absolute atomic E-state index is 13.2. The Morgan fingerprint density at radius 2 is 2.22 bits per heavy atom. The van der Waals surface area contributed by atoms with E-state index in [9.17, 15) is 9.18 Å². The molecule has 0 radical (unpaired) electrons. The number of halogens is 1. The van der Waals surface area contributed by atoms with Gasteiger partial charge in [0, 0.05) is 25.6 Å². The van der Waals surface area contributed by atoms with Gasteiger partial charge in [0.1, 0.15) is 5.82 Å². The van der Waals surface area contributed by atoms with E-state index in [-0.39, 0.29) is 11.7 Å². The van der Waals surface area contributed by atoms with Gasteiger partial charge in [-0.05, 0) is 31.5 Å². The zero-order valence-electron chi connectivity index (χ0n) is 10.8. The van der Waals surface area contributed by atoms with Crippen molar-refractivity contribution in [2.24, 2.45) is 5.92 Å². The third-order valence-electron chi connectivity index (χ3n) is 3.53. The number of benzene rings is 1. The molecule has 0 saturated carbocycles. The van der Waals surface area contributed by atoms with E-state index < -0.39 is 5.41 Å². The molecule has 0 aliphatic carbocycles. The van der Waals surface area contributed by atoms with E-state index in [0.717, 1.165) is 13.1 Å². The summed E-state index contributed by atoms with van der Waals surface area (Å²) in [5, 5.41) is 6.10. The molecule has 3 nitrogen and oxygen atoms in total. The van der Waals surface area contributed by atoms with E-state index >= 15 is 0 Å². The average Bonchev–Trinajstić information content (AvgIpc) is 2.26. The Morgan fingerprint density at radius 1 is 1.50 bits per heavy atom. The lowest BCUT2D eigenvalue weighted by atomic mass is 9.83. The largest absolute Gasteiger partial charge is 0.355 e. The lowest BCUT2D eigenvalue weighted by molar-refractivity contribution is -0.125. The van der Waals surface area contributed by atoms with E-state index in [0.29, 0.717) is 18.0 Å². The van der Waals surface area contributed by atoms with Gasteiger partial charge in [0.05, 0.1) is 5.41 Å². The average molecular weight is 250 g/mol. The molecular weight excluding hydrogens is 231 g/mol. The number of hydrogen-bond donors (Lipinski definition) is 2. The highest BCUT2D eigenvalue weighted by Gasteiger charge is 2.30. The molecule has 98 valence electrons. The number of hydrogen-bond acceptors (Lipinski definition) is 2. The first-order valence-electron chi connectivity index (χ1n) is 6.25. The summed E-state index contributed by atoms with van der Waals surface area (Å²) in [5.41, 5.74) is -0.00837. The summed E-state index contributed by atoms with van der Waals surface area (Å²) in [5.74, 6) is 0.161. The Hall–Kier alpha value is -1.42. The monoisotopic (exact) mass is 250 g/mol. The zero-order valence-corrected chi connectivity index (χ0v) is 10.8. The maximum atomic E-state index is 13.2. The fraction of sp³-hybridized carbons (Fsp3) is 0.500. The predicted octanol–water partition coefficient (Wildman–Crippen LogP) is 1.44. The Morgan fingerprint density at radius 3 is 2.78 bits per heavy atom. The van der Waals surface area contributed by atoms with Crippen molar-refractivity contribution >= 4 is 5.91 Å². The molecule has 2 N–H and O–H groups in total. The molecule has 1 amide bonds. The SMILES string of the molecule is CC(C)(C(=O)NCC1CNC1)c1cccc(F)c1. The van der Waals surface area contributed by atoms with Crippen LogP contribution >= 0.6 is 0 Å². The molecule has 1 aliphatic rings. The van der Waals surface area contributed by atoms with E-state index in [4.69, 9.17) is 0 Å². The molecule has 1 fully saturated rings. The number of nitrogens with one attached hydrogen (secondary N) is 2. The summed E-state index contributed by atoms with van der Waals surface area (Å²) in [7, 11) is 0. The summed E-state index contributed by atoms with van der Waals surface area (Å²) in [4.78, 5) is 12.2. The Kier molecular flexibility index (Phi) is 3.66. The van der Waals surface area contributed by atoms with Crippen LogP contribution in [0.5, 0.6) is 0 Å². The van der Waals surface area contributed by atoms with Crippen LogP contribution in [0.1, 0.15) is 19.4 Å². The van der Waals surface area contributed by atoms with E-state index in [1.54, 1.807) is 12.1 Å². The van der Waals surface area contributed by atoms with Crippen LogP contribution in [0.15, 0.2) is 24.3 Å². The number of carbonyl (C=O) groups is 1.